The van der Waals surface area contributed by atoms with E-state index in [4.69, 9.17) is 20.1 Å². The smallest absolute Gasteiger partial charge is 0.419 e. The summed E-state index contributed by atoms with van der Waals surface area (Å²) in [7, 11) is 1.27. The second kappa shape index (κ2) is 8.21. The Bertz CT molecular complexity index is 562. The molecule has 0 heterocycles. The third-order valence-corrected chi connectivity index (χ3v) is 2.37. The Morgan fingerprint density at radius 3 is 2.18 bits per heavy atom. The number of halogens is 1. The van der Waals surface area contributed by atoms with Gasteiger partial charge in [0.2, 0.25) is 0 Å². The van der Waals surface area contributed by atoms with E-state index in [9.17, 15) is 14.9 Å². The van der Waals surface area contributed by atoms with Crippen molar-refractivity contribution < 1.29 is 28.8 Å². The highest BCUT2D eigenvalue weighted by Crippen LogP contribution is 2.39. The molecular formula is C11H16ClN2O7P. The van der Waals surface area contributed by atoms with Gasteiger partial charge in [0, 0.05) is 29.8 Å². The maximum atomic E-state index is 11.4. The number of carbonyl (C=O) groups is 1. The zero-order valence-electron chi connectivity index (χ0n) is 11.8. The van der Waals surface area contributed by atoms with Crippen LogP contribution in [0.15, 0.2) is 24.3 Å². The number of nitrogens with two attached hydrogens (primary N) is 1. The normalized spacial score (nSPS) is 13.4. The van der Waals surface area contributed by atoms with E-state index in [-0.39, 0.29) is 12.1 Å². The third kappa shape index (κ3) is 8.71. The minimum Gasteiger partial charge on any atom is -0.468 e. The number of nitro benzene ring substituents is 1. The van der Waals surface area contributed by atoms with Gasteiger partial charge in [0.05, 0.1) is 12.0 Å². The number of hydrogen-bond donors (Lipinski definition) is 3. The van der Waals surface area contributed by atoms with Crippen molar-refractivity contribution in [3.8, 4) is 0 Å². The first kappa shape index (κ1) is 20.5. The second-order valence-electron chi connectivity index (χ2n) is 4.48. The van der Waals surface area contributed by atoms with Gasteiger partial charge in [-0.25, -0.2) is 4.57 Å². The van der Waals surface area contributed by atoms with Crippen molar-refractivity contribution in [2.75, 3.05) is 7.11 Å². The number of rotatable bonds is 4. The van der Waals surface area contributed by atoms with E-state index in [1.807, 2.05) is 0 Å². The molecule has 0 aromatic heterocycles. The zero-order chi connectivity index (χ0) is 17.6. The van der Waals surface area contributed by atoms with E-state index in [0.717, 1.165) is 5.56 Å². The van der Waals surface area contributed by atoms with E-state index in [0.29, 0.717) is 0 Å². The van der Waals surface area contributed by atoms with Gasteiger partial charge in [0.1, 0.15) is 5.54 Å². The van der Waals surface area contributed by atoms with Crippen molar-refractivity contribution in [2.45, 2.75) is 18.9 Å². The molecule has 0 radical (unpaired) electrons. The molecule has 0 saturated carbocycles. The Morgan fingerprint density at radius 1 is 1.45 bits per heavy atom. The first-order valence-corrected chi connectivity index (χ1v) is 8.24. The van der Waals surface area contributed by atoms with Gasteiger partial charge in [-0.1, -0.05) is 12.1 Å². The van der Waals surface area contributed by atoms with Crippen molar-refractivity contribution in [2.24, 2.45) is 5.73 Å². The highest BCUT2D eigenvalue weighted by atomic mass is 35.7. The van der Waals surface area contributed by atoms with Gasteiger partial charge < -0.3 is 20.3 Å². The van der Waals surface area contributed by atoms with Crippen LogP contribution in [-0.4, -0.2) is 33.3 Å². The van der Waals surface area contributed by atoms with Crippen molar-refractivity contribution >= 4 is 29.8 Å². The topological polar surface area (TPSA) is 153 Å². The Hall–Kier alpha value is -1.51. The van der Waals surface area contributed by atoms with Crippen molar-refractivity contribution in [1.82, 2.24) is 0 Å². The molecule has 0 bridgehead atoms. The molecule has 124 valence electrons. The summed E-state index contributed by atoms with van der Waals surface area (Å²) in [5, 5.41) is 10.5. The van der Waals surface area contributed by atoms with Gasteiger partial charge >= 0.3 is 12.9 Å². The maximum Gasteiger partial charge on any atom is 0.419 e. The van der Waals surface area contributed by atoms with Crippen LogP contribution in [0.1, 0.15) is 12.5 Å². The van der Waals surface area contributed by atoms with Crippen LogP contribution in [0.2, 0.25) is 0 Å². The summed E-state index contributed by atoms with van der Waals surface area (Å²) in [5.41, 5.74) is 5.41. The molecular weight excluding hydrogens is 339 g/mol. The highest BCUT2D eigenvalue weighted by Gasteiger charge is 2.29. The van der Waals surface area contributed by atoms with Crippen LogP contribution in [0, 0.1) is 10.1 Å². The molecule has 1 atom stereocenters. The molecule has 0 aliphatic carbocycles. The molecule has 11 heteroatoms. The molecule has 4 N–H and O–H groups in total. The number of nitro groups is 1. The van der Waals surface area contributed by atoms with E-state index < -0.39 is 23.4 Å². The average molecular weight is 355 g/mol. The lowest BCUT2D eigenvalue weighted by Gasteiger charge is -2.21. The quantitative estimate of drug-likeness (QED) is 0.317. The molecule has 0 aliphatic heterocycles. The van der Waals surface area contributed by atoms with E-state index in [1.54, 1.807) is 19.1 Å². The van der Waals surface area contributed by atoms with Gasteiger partial charge in [-0.05, 0) is 12.5 Å². The minimum absolute atomic E-state index is 0.00513. The predicted octanol–water partition coefficient (Wildman–Crippen LogP) is 1.35. The van der Waals surface area contributed by atoms with E-state index in [2.05, 4.69) is 16.0 Å². The monoisotopic (exact) mass is 354 g/mol. The molecule has 1 aromatic rings. The fourth-order valence-corrected chi connectivity index (χ4v) is 1.46. The second-order valence-corrected chi connectivity index (χ2v) is 6.75. The van der Waals surface area contributed by atoms with Gasteiger partial charge in [-0.3, -0.25) is 14.9 Å². The number of carbonyl (C=O) groups excluding carboxylic acids is 1. The van der Waals surface area contributed by atoms with Crippen LogP contribution < -0.4 is 5.73 Å². The molecule has 1 rings (SSSR count). The van der Waals surface area contributed by atoms with Crippen LogP contribution in [0.25, 0.3) is 0 Å². The average Bonchev–Trinajstić information content (AvgIpc) is 2.35. The standard InChI is InChI=1S/C11H14N2O4.ClH2O3P/c1-11(12,10(14)17-2)7-8-3-5-9(6-4-8)13(15)16;1-5(2,3)4/h3-6H,7,12H2,1-2H3;(H2,2,3,4). The molecule has 0 aliphatic rings. The number of benzene rings is 1. The van der Waals surface area contributed by atoms with Crippen molar-refractivity contribution in [3.05, 3.63) is 39.9 Å². The number of non-ortho nitro benzene ring substituents is 1. The molecule has 9 nitrogen and oxygen atoms in total. The van der Waals surface area contributed by atoms with E-state index >= 15 is 0 Å². The number of hydrogen-bond acceptors (Lipinski definition) is 6. The zero-order valence-corrected chi connectivity index (χ0v) is 13.5. The summed E-state index contributed by atoms with van der Waals surface area (Å²) in [6.45, 7) is -2.61. The number of methoxy groups -OCH3 is 1. The lowest BCUT2D eigenvalue weighted by atomic mass is 9.94. The Morgan fingerprint density at radius 2 is 1.86 bits per heavy atom. The first-order valence-electron chi connectivity index (χ1n) is 5.72. The lowest BCUT2D eigenvalue weighted by Crippen LogP contribution is -2.47. The van der Waals surface area contributed by atoms with Gasteiger partial charge in [0.25, 0.3) is 5.69 Å². The Balaban J connectivity index is 0.000000763. The van der Waals surface area contributed by atoms with Crippen LogP contribution >= 0.6 is 18.2 Å². The molecule has 0 amide bonds. The number of esters is 1. The van der Waals surface area contributed by atoms with Crippen LogP contribution in [0.5, 0.6) is 0 Å². The predicted molar refractivity (Wildman–Crippen MR) is 79.3 cm³/mol. The first-order chi connectivity index (χ1) is 9.86. The van der Waals surface area contributed by atoms with Crippen LogP contribution in [-0.2, 0) is 20.5 Å². The molecule has 1 unspecified atom stereocenters. The number of ether oxygens (including phenoxy) is 1. The molecule has 22 heavy (non-hydrogen) atoms. The summed E-state index contributed by atoms with van der Waals surface area (Å²) < 4.78 is 13.7. The minimum atomic E-state index is -4.17. The molecule has 1 aromatic carbocycles. The molecule has 0 spiro atoms. The SMILES string of the molecule is COC(=O)C(C)(N)Cc1ccc([N+](=O)[O-])cc1.O=P(O)(O)Cl. The Kier molecular flexibility index (Phi) is 7.65. The lowest BCUT2D eigenvalue weighted by molar-refractivity contribution is -0.384. The summed E-state index contributed by atoms with van der Waals surface area (Å²) >= 11 is 4.20. The Labute approximate surface area is 131 Å². The summed E-state index contributed by atoms with van der Waals surface area (Å²) in [5.74, 6) is -0.518. The molecule has 0 saturated heterocycles. The maximum absolute atomic E-state index is 11.4. The summed E-state index contributed by atoms with van der Waals surface area (Å²) in [6.07, 6.45) is 0.262. The molecule has 0 fully saturated rings. The fourth-order valence-electron chi connectivity index (χ4n) is 1.46. The summed E-state index contributed by atoms with van der Waals surface area (Å²) in [4.78, 5) is 36.1. The van der Waals surface area contributed by atoms with Crippen LogP contribution in [0.4, 0.5) is 5.69 Å². The summed E-state index contributed by atoms with van der Waals surface area (Å²) in [6, 6.07) is 5.91. The highest BCUT2D eigenvalue weighted by molar-refractivity contribution is 7.79. The third-order valence-electron chi connectivity index (χ3n) is 2.37. The van der Waals surface area contributed by atoms with Gasteiger partial charge in [-0.15, -0.1) is 0 Å². The largest absolute Gasteiger partial charge is 0.468 e. The van der Waals surface area contributed by atoms with Crippen LogP contribution in [0.3, 0.4) is 0 Å². The van der Waals surface area contributed by atoms with Crippen molar-refractivity contribution in [1.29, 1.82) is 0 Å². The fraction of sp³-hybridized carbons (Fsp3) is 0.364. The number of nitrogens with zero attached hydrogens (tertiary/aromatic N) is 1. The van der Waals surface area contributed by atoms with Gasteiger partial charge in [0.15, 0.2) is 0 Å². The van der Waals surface area contributed by atoms with Crippen molar-refractivity contribution in [3.63, 3.8) is 0 Å². The van der Waals surface area contributed by atoms with Gasteiger partial charge in [-0.2, -0.15) is 0 Å². The van der Waals surface area contributed by atoms with E-state index in [1.165, 1.54) is 19.2 Å².